The quantitative estimate of drug-likeness (QED) is 0.294. The molecule has 0 fully saturated rings. The van der Waals surface area contributed by atoms with Crippen LogP contribution in [-0.2, 0) is 22.5 Å². The van der Waals surface area contributed by atoms with Gasteiger partial charge in [-0.2, -0.15) is 5.10 Å². The second-order valence-corrected chi connectivity index (χ2v) is 7.21. The van der Waals surface area contributed by atoms with Crippen LogP contribution in [0, 0.1) is 6.92 Å². The van der Waals surface area contributed by atoms with Crippen molar-refractivity contribution >= 4 is 29.4 Å². The van der Waals surface area contributed by atoms with Crippen LogP contribution in [0.15, 0.2) is 60.7 Å². The van der Waals surface area contributed by atoms with Crippen molar-refractivity contribution in [3.8, 4) is 0 Å². The zero-order valence-electron chi connectivity index (χ0n) is 17.0. The summed E-state index contributed by atoms with van der Waals surface area (Å²) in [4.78, 5) is 24.2. The van der Waals surface area contributed by atoms with Crippen LogP contribution in [0.3, 0.4) is 0 Å². The van der Waals surface area contributed by atoms with Gasteiger partial charge in [0.15, 0.2) is 12.4 Å². The first-order valence-corrected chi connectivity index (χ1v) is 10.1. The number of nitrogens with zero attached hydrogens (tertiary/aromatic N) is 2. The van der Waals surface area contributed by atoms with Gasteiger partial charge in [0.05, 0.1) is 12.2 Å². The topological polar surface area (TPSA) is 61.2 Å². The van der Waals surface area contributed by atoms with Gasteiger partial charge in [-0.05, 0) is 30.5 Å². The van der Waals surface area contributed by atoms with E-state index in [2.05, 4.69) is 5.10 Å². The monoisotopic (exact) mass is 422 g/mol. The maximum Gasteiger partial charge on any atom is 0.331 e. The lowest BCUT2D eigenvalue weighted by molar-refractivity contribution is -0.136. The van der Waals surface area contributed by atoms with Crippen molar-refractivity contribution in [2.45, 2.75) is 26.8 Å². The first-order chi connectivity index (χ1) is 14.5. The fourth-order valence-electron chi connectivity index (χ4n) is 2.96. The minimum Gasteiger partial charge on any atom is -0.454 e. The summed E-state index contributed by atoms with van der Waals surface area (Å²) in [5.41, 5.74) is 4.08. The van der Waals surface area contributed by atoms with Crippen LogP contribution < -0.4 is 0 Å². The van der Waals surface area contributed by atoms with Crippen molar-refractivity contribution < 1.29 is 14.3 Å². The molecule has 0 atom stereocenters. The molecule has 0 aliphatic rings. The van der Waals surface area contributed by atoms with Crippen LogP contribution in [0.2, 0.25) is 5.15 Å². The second-order valence-electron chi connectivity index (χ2n) is 6.85. The largest absolute Gasteiger partial charge is 0.454 e. The lowest BCUT2D eigenvalue weighted by atomic mass is 10.1. The summed E-state index contributed by atoms with van der Waals surface area (Å²) in [6.45, 7) is 4.09. The van der Waals surface area contributed by atoms with Gasteiger partial charge in [-0.15, -0.1) is 0 Å². The highest BCUT2D eigenvalue weighted by molar-refractivity contribution is 6.31. The zero-order chi connectivity index (χ0) is 21.5. The molecule has 0 amide bonds. The van der Waals surface area contributed by atoms with Crippen molar-refractivity contribution in [3.63, 3.8) is 0 Å². The van der Waals surface area contributed by atoms with Crippen molar-refractivity contribution in [3.05, 3.63) is 93.8 Å². The van der Waals surface area contributed by atoms with E-state index < -0.39 is 5.97 Å². The molecule has 3 aromatic rings. The number of ketones is 1. The Morgan fingerprint density at radius 3 is 2.43 bits per heavy atom. The van der Waals surface area contributed by atoms with E-state index in [1.807, 2.05) is 56.3 Å². The van der Waals surface area contributed by atoms with Crippen LogP contribution in [0.5, 0.6) is 0 Å². The number of aryl methyl sites for hydroxylation is 2. The standard InChI is InChI=1S/C24H23ClN2O3/c1-3-18-9-11-20(12-10-18)22(28)16-30-23(29)14-13-21-17(2)26-27(24(21)25)15-19-7-5-4-6-8-19/h4-14H,3,15-16H2,1-2H3/b14-13+. The molecule has 0 bridgehead atoms. The molecule has 0 N–H and O–H groups in total. The number of benzene rings is 2. The zero-order valence-corrected chi connectivity index (χ0v) is 17.7. The summed E-state index contributed by atoms with van der Waals surface area (Å²) in [6.07, 6.45) is 3.73. The van der Waals surface area contributed by atoms with Crippen LogP contribution >= 0.6 is 11.6 Å². The fourth-order valence-corrected chi connectivity index (χ4v) is 3.26. The minimum absolute atomic E-state index is 0.246. The van der Waals surface area contributed by atoms with E-state index in [-0.39, 0.29) is 12.4 Å². The summed E-state index contributed by atoms with van der Waals surface area (Å²) >= 11 is 6.44. The number of rotatable bonds is 8. The number of carbonyl (C=O) groups excluding carboxylic acids is 2. The van der Waals surface area contributed by atoms with Gasteiger partial charge in [0.1, 0.15) is 5.15 Å². The lowest BCUT2D eigenvalue weighted by Crippen LogP contribution is -2.12. The second kappa shape index (κ2) is 10.0. The predicted octanol–water partition coefficient (Wildman–Crippen LogP) is 4.89. The average molecular weight is 423 g/mol. The summed E-state index contributed by atoms with van der Waals surface area (Å²) in [5.74, 6) is -0.857. The van der Waals surface area contributed by atoms with E-state index >= 15 is 0 Å². The third kappa shape index (κ3) is 5.45. The number of aromatic nitrogens is 2. The van der Waals surface area contributed by atoms with E-state index in [0.29, 0.717) is 28.5 Å². The highest BCUT2D eigenvalue weighted by Crippen LogP contribution is 2.22. The van der Waals surface area contributed by atoms with Gasteiger partial charge < -0.3 is 4.74 Å². The number of esters is 1. The molecule has 0 unspecified atom stereocenters. The van der Waals surface area contributed by atoms with E-state index in [4.69, 9.17) is 16.3 Å². The number of Topliss-reactive ketones (excluding diaryl/α,β-unsaturated/α-hetero) is 1. The van der Waals surface area contributed by atoms with Gasteiger partial charge >= 0.3 is 5.97 Å². The Balaban J connectivity index is 1.59. The van der Waals surface area contributed by atoms with Crippen molar-refractivity contribution in [2.24, 2.45) is 0 Å². The molecular formula is C24H23ClN2O3. The molecule has 0 aliphatic heterocycles. The van der Waals surface area contributed by atoms with E-state index in [1.165, 1.54) is 6.08 Å². The molecule has 1 heterocycles. The molecular weight excluding hydrogens is 400 g/mol. The normalized spacial score (nSPS) is 11.0. The van der Waals surface area contributed by atoms with Crippen LogP contribution in [0.25, 0.3) is 6.08 Å². The maximum absolute atomic E-state index is 12.2. The molecule has 3 rings (SSSR count). The van der Waals surface area contributed by atoms with Gasteiger partial charge in [0.2, 0.25) is 0 Å². The van der Waals surface area contributed by atoms with Gasteiger partial charge in [-0.3, -0.25) is 4.79 Å². The smallest absolute Gasteiger partial charge is 0.331 e. The predicted molar refractivity (Wildman–Crippen MR) is 118 cm³/mol. The number of hydrogen-bond donors (Lipinski definition) is 0. The van der Waals surface area contributed by atoms with Gasteiger partial charge in [0.25, 0.3) is 0 Å². The highest BCUT2D eigenvalue weighted by atomic mass is 35.5. The number of hydrogen-bond acceptors (Lipinski definition) is 4. The number of ether oxygens (including phenoxy) is 1. The third-order valence-electron chi connectivity index (χ3n) is 4.70. The first-order valence-electron chi connectivity index (χ1n) is 9.71. The van der Waals surface area contributed by atoms with E-state index in [9.17, 15) is 9.59 Å². The molecule has 154 valence electrons. The van der Waals surface area contributed by atoms with Crippen LogP contribution in [0.1, 0.15) is 39.7 Å². The molecule has 0 saturated carbocycles. The molecule has 0 spiro atoms. The van der Waals surface area contributed by atoms with E-state index in [1.54, 1.807) is 22.9 Å². The summed E-state index contributed by atoms with van der Waals surface area (Å²) in [7, 11) is 0. The van der Waals surface area contributed by atoms with E-state index in [0.717, 1.165) is 17.5 Å². The molecule has 30 heavy (non-hydrogen) atoms. The fraction of sp³-hybridized carbons (Fsp3) is 0.208. The Kier molecular flexibility index (Phi) is 7.20. The molecule has 2 aromatic carbocycles. The number of carbonyl (C=O) groups is 2. The van der Waals surface area contributed by atoms with Gasteiger partial charge in [-0.1, -0.05) is 73.1 Å². The van der Waals surface area contributed by atoms with Crippen LogP contribution in [0.4, 0.5) is 0 Å². The van der Waals surface area contributed by atoms with Gasteiger partial charge in [-0.25, -0.2) is 9.48 Å². The molecule has 5 nitrogen and oxygen atoms in total. The number of halogens is 1. The summed E-state index contributed by atoms with van der Waals surface area (Å²) in [5, 5.41) is 4.88. The molecule has 0 saturated heterocycles. The maximum atomic E-state index is 12.2. The SMILES string of the molecule is CCc1ccc(C(=O)COC(=O)/C=C/c2c(C)nn(Cc3ccccc3)c2Cl)cc1. The lowest BCUT2D eigenvalue weighted by Gasteiger charge is -2.03. The van der Waals surface area contributed by atoms with Gasteiger partial charge in [0, 0.05) is 17.2 Å². The van der Waals surface area contributed by atoms with Crippen LogP contribution in [-0.4, -0.2) is 28.1 Å². The summed E-state index contributed by atoms with van der Waals surface area (Å²) < 4.78 is 6.75. The molecule has 0 aliphatic carbocycles. The third-order valence-corrected chi connectivity index (χ3v) is 5.10. The Labute approximate surface area is 180 Å². The highest BCUT2D eigenvalue weighted by Gasteiger charge is 2.13. The molecule has 0 radical (unpaired) electrons. The average Bonchev–Trinajstić information content (AvgIpc) is 3.03. The Morgan fingerprint density at radius 2 is 1.77 bits per heavy atom. The molecule has 6 heteroatoms. The Bertz CT molecular complexity index is 1050. The Morgan fingerprint density at radius 1 is 1.07 bits per heavy atom. The van der Waals surface area contributed by atoms with Crippen molar-refractivity contribution in [1.82, 2.24) is 9.78 Å². The van der Waals surface area contributed by atoms with Crippen molar-refractivity contribution in [1.29, 1.82) is 0 Å². The first kappa shape index (κ1) is 21.5. The summed E-state index contributed by atoms with van der Waals surface area (Å²) in [6, 6.07) is 17.1. The van der Waals surface area contributed by atoms with Crippen molar-refractivity contribution in [2.75, 3.05) is 6.61 Å². The minimum atomic E-state index is -0.611. The Hall–Kier alpha value is -3.18. The molecule has 1 aromatic heterocycles.